The lowest BCUT2D eigenvalue weighted by atomic mass is 9.96. The maximum Gasteiger partial charge on any atom is 0.327 e. The van der Waals surface area contributed by atoms with E-state index in [1.165, 1.54) is 13.4 Å². The van der Waals surface area contributed by atoms with Gasteiger partial charge in [0.2, 0.25) is 0 Å². The van der Waals surface area contributed by atoms with Gasteiger partial charge in [0.1, 0.15) is 5.54 Å². The Kier molecular flexibility index (Phi) is 4.19. The molecule has 6 heteroatoms. The molecule has 1 aliphatic rings. The van der Waals surface area contributed by atoms with Crippen LogP contribution in [-0.4, -0.2) is 44.6 Å². The molecule has 0 spiro atoms. The number of esters is 1. The van der Waals surface area contributed by atoms with Crippen LogP contribution in [0.4, 0.5) is 0 Å². The minimum absolute atomic E-state index is 0.0245. The van der Waals surface area contributed by atoms with Gasteiger partial charge in [-0.3, -0.25) is 10.1 Å². The number of carbonyl (C=O) groups excluding carboxylic acids is 1. The van der Waals surface area contributed by atoms with Crippen molar-refractivity contribution in [2.75, 3.05) is 13.4 Å². The van der Waals surface area contributed by atoms with Crippen molar-refractivity contribution in [3.8, 4) is 0 Å². The SMILES string of the molecule is COC(=O)C1(NC(C)C)CCCC1S(C)(=O)=O. The standard InChI is InChI=1S/C11H21NO4S/c1-8(2)12-11(10(13)16-3)7-5-6-9(11)17(4,14)15/h8-9,12H,5-7H2,1-4H3. The summed E-state index contributed by atoms with van der Waals surface area (Å²) in [4.78, 5) is 12.0. The van der Waals surface area contributed by atoms with Gasteiger partial charge >= 0.3 is 5.97 Å². The van der Waals surface area contributed by atoms with E-state index >= 15 is 0 Å². The molecule has 0 aromatic rings. The summed E-state index contributed by atoms with van der Waals surface area (Å²) in [6.07, 6.45) is 2.92. The van der Waals surface area contributed by atoms with E-state index in [1.54, 1.807) is 0 Å². The molecule has 0 aromatic carbocycles. The highest BCUT2D eigenvalue weighted by Crippen LogP contribution is 2.36. The summed E-state index contributed by atoms with van der Waals surface area (Å²) in [6, 6.07) is 0.0245. The molecule has 17 heavy (non-hydrogen) atoms. The molecule has 0 aliphatic heterocycles. The Labute approximate surface area is 103 Å². The van der Waals surface area contributed by atoms with Crippen LogP contribution < -0.4 is 5.32 Å². The van der Waals surface area contributed by atoms with Crippen molar-refractivity contribution in [3.63, 3.8) is 0 Å². The second-order valence-electron chi connectivity index (χ2n) is 4.97. The molecule has 2 unspecified atom stereocenters. The smallest absolute Gasteiger partial charge is 0.327 e. The highest BCUT2D eigenvalue weighted by Gasteiger charge is 2.54. The Morgan fingerprint density at radius 2 is 2.06 bits per heavy atom. The molecule has 1 N–H and O–H groups in total. The number of carbonyl (C=O) groups is 1. The van der Waals surface area contributed by atoms with Gasteiger partial charge in [0.25, 0.3) is 0 Å². The van der Waals surface area contributed by atoms with Gasteiger partial charge in [-0.25, -0.2) is 8.42 Å². The Morgan fingerprint density at radius 3 is 2.47 bits per heavy atom. The number of hydrogen-bond donors (Lipinski definition) is 1. The molecule has 0 radical (unpaired) electrons. The van der Waals surface area contributed by atoms with Crippen LogP contribution in [0.2, 0.25) is 0 Å². The van der Waals surface area contributed by atoms with E-state index in [0.29, 0.717) is 19.3 Å². The highest BCUT2D eigenvalue weighted by molar-refractivity contribution is 7.91. The Bertz CT molecular complexity index is 390. The number of rotatable bonds is 4. The Morgan fingerprint density at radius 1 is 1.47 bits per heavy atom. The number of nitrogens with one attached hydrogen (secondary N) is 1. The van der Waals surface area contributed by atoms with Crippen molar-refractivity contribution in [2.45, 2.75) is 49.9 Å². The second-order valence-corrected chi connectivity index (χ2v) is 7.20. The van der Waals surface area contributed by atoms with E-state index in [0.717, 1.165) is 0 Å². The van der Waals surface area contributed by atoms with Crippen molar-refractivity contribution in [1.82, 2.24) is 5.32 Å². The molecular weight excluding hydrogens is 242 g/mol. The molecule has 1 fully saturated rings. The molecule has 1 saturated carbocycles. The summed E-state index contributed by atoms with van der Waals surface area (Å²) in [6.45, 7) is 3.78. The fraction of sp³-hybridized carbons (Fsp3) is 0.909. The van der Waals surface area contributed by atoms with Crippen LogP contribution in [-0.2, 0) is 19.4 Å². The third kappa shape index (κ3) is 2.80. The quantitative estimate of drug-likeness (QED) is 0.747. The molecule has 0 aromatic heterocycles. The van der Waals surface area contributed by atoms with Crippen LogP contribution in [0.5, 0.6) is 0 Å². The van der Waals surface area contributed by atoms with E-state index in [2.05, 4.69) is 5.32 Å². The third-order valence-corrected chi connectivity index (χ3v) is 4.87. The zero-order valence-corrected chi connectivity index (χ0v) is 11.6. The first kappa shape index (κ1) is 14.4. The normalized spacial score (nSPS) is 29.6. The van der Waals surface area contributed by atoms with Crippen molar-refractivity contribution < 1.29 is 17.9 Å². The molecule has 1 rings (SSSR count). The van der Waals surface area contributed by atoms with Gasteiger partial charge < -0.3 is 4.74 Å². The largest absolute Gasteiger partial charge is 0.468 e. The summed E-state index contributed by atoms with van der Waals surface area (Å²) >= 11 is 0. The fourth-order valence-corrected chi connectivity index (χ4v) is 4.32. The van der Waals surface area contributed by atoms with Crippen molar-refractivity contribution in [2.24, 2.45) is 0 Å². The first-order valence-corrected chi connectivity index (χ1v) is 7.74. The third-order valence-electron chi connectivity index (χ3n) is 3.20. The van der Waals surface area contributed by atoms with Crippen molar-refractivity contribution in [3.05, 3.63) is 0 Å². The van der Waals surface area contributed by atoms with Gasteiger partial charge in [0.15, 0.2) is 9.84 Å². The average Bonchev–Trinajstić information content (AvgIpc) is 2.60. The summed E-state index contributed by atoms with van der Waals surface area (Å²) in [5.74, 6) is -0.473. The van der Waals surface area contributed by atoms with Gasteiger partial charge in [0, 0.05) is 12.3 Å². The van der Waals surface area contributed by atoms with Gasteiger partial charge in [-0.2, -0.15) is 0 Å². The van der Waals surface area contributed by atoms with Crippen molar-refractivity contribution in [1.29, 1.82) is 0 Å². The van der Waals surface area contributed by atoms with Crippen LogP contribution in [0.15, 0.2) is 0 Å². The second kappa shape index (κ2) is 4.94. The first-order valence-electron chi connectivity index (χ1n) is 5.79. The Balaban J connectivity index is 3.17. The van der Waals surface area contributed by atoms with Crippen LogP contribution in [0.25, 0.3) is 0 Å². The number of hydrogen-bond acceptors (Lipinski definition) is 5. The predicted molar refractivity (Wildman–Crippen MR) is 65.5 cm³/mol. The van der Waals surface area contributed by atoms with Crippen LogP contribution in [0, 0.1) is 0 Å². The molecular formula is C11H21NO4S. The number of ether oxygens (including phenoxy) is 1. The molecule has 5 nitrogen and oxygen atoms in total. The van der Waals surface area contributed by atoms with Gasteiger partial charge in [-0.05, 0) is 33.1 Å². The number of methoxy groups -OCH3 is 1. The van der Waals surface area contributed by atoms with Gasteiger partial charge in [-0.15, -0.1) is 0 Å². The van der Waals surface area contributed by atoms with E-state index in [4.69, 9.17) is 4.74 Å². The molecule has 0 amide bonds. The van der Waals surface area contributed by atoms with E-state index < -0.39 is 26.6 Å². The van der Waals surface area contributed by atoms with Crippen molar-refractivity contribution >= 4 is 15.8 Å². The lowest BCUT2D eigenvalue weighted by molar-refractivity contribution is -0.148. The first-order chi connectivity index (χ1) is 7.74. The van der Waals surface area contributed by atoms with Gasteiger partial charge in [-0.1, -0.05) is 0 Å². The van der Waals surface area contributed by atoms with Crippen LogP contribution in [0.3, 0.4) is 0 Å². The molecule has 0 saturated heterocycles. The zero-order chi connectivity index (χ0) is 13.3. The topological polar surface area (TPSA) is 72.5 Å². The summed E-state index contributed by atoms with van der Waals surface area (Å²) in [5.41, 5.74) is -1.07. The monoisotopic (exact) mass is 263 g/mol. The zero-order valence-electron chi connectivity index (χ0n) is 10.8. The summed E-state index contributed by atoms with van der Waals surface area (Å²) in [5, 5.41) is 2.42. The van der Waals surface area contributed by atoms with Gasteiger partial charge in [0.05, 0.1) is 12.4 Å². The minimum Gasteiger partial charge on any atom is -0.468 e. The molecule has 1 aliphatic carbocycles. The highest BCUT2D eigenvalue weighted by atomic mass is 32.2. The lowest BCUT2D eigenvalue weighted by Gasteiger charge is -2.34. The molecule has 0 bridgehead atoms. The maximum atomic E-state index is 12.0. The maximum absolute atomic E-state index is 12.0. The fourth-order valence-electron chi connectivity index (χ4n) is 2.71. The average molecular weight is 263 g/mol. The van der Waals surface area contributed by atoms with E-state index in [9.17, 15) is 13.2 Å². The molecule has 100 valence electrons. The molecule has 2 atom stereocenters. The number of sulfone groups is 1. The van der Waals surface area contributed by atoms with E-state index in [-0.39, 0.29) is 6.04 Å². The summed E-state index contributed by atoms with van der Waals surface area (Å²) < 4.78 is 28.4. The van der Waals surface area contributed by atoms with Crippen LogP contribution in [0.1, 0.15) is 33.1 Å². The minimum atomic E-state index is -3.27. The lowest BCUT2D eigenvalue weighted by Crippen LogP contribution is -2.61. The van der Waals surface area contributed by atoms with Crippen LogP contribution >= 0.6 is 0 Å². The predicted octanol–water partition coefficient (Wildman–Crippen LogP) is 0.493. The summed E-state index contributed by atoms with van der Waals surface area (Å²) in [7, 11) is -1.98. The van der Waals surface area contributed by atoms with E-state index in [1.807, 2.05) is 13.8 Å². The molecule has 0 heterocycles. The Hall–Kier alpha value is -0.620.